The number of aromatic nitrogens is 4. The minimum atomic E-state index is -0.155. The van der Waals surface area contributed by atoms with Gasteiger partial charge in [-0.2, -0.15) is 5.10 Å². The van der Waals surface area contributed by atoms with E-state index >= 15 is 0 Å². The fraction of sp³-hybridized carbons (Fsp3) is 0.684. The SMILES string of the molecule is CC(C)c1[nH]ncc1C(=O)N1C[C@@H]2CCC[C@]2(c2nnc(C3CC3)o2)C1. The van der Waals surface area contributed by atoms with Crippen molar-refractivity contribution >= 4 is 5.91 Å². The Labute approximate surface area is 152 Å². The predicted octanol–water partition coefficient (Wildman–Crippen LogP) is 2.99. The largest absolute Gasteiger partial charge is 0.424 e. The number of hydrogen-bond donors (Lipinski definition) is 1. The van der Waals surface area contributed by atoms with E-state index in [4.69, 9.17) is 4.42 Å². The summed E-state index contributed by atoms with van der Waals surface area (Å²) in [7, 11) is 0. The van der Waals surface area contributed by atoms with Crippen LogP contribution >= 0.6 is 0 Å². The molecule has 0 bridgehead atoms. The van der Waals surface area contributed by atoms with Gasteiger partial charge in [0, 0.05) is 19.0 Å². The lowest BCUT2D eigenvalue weighted by molar-refractivity contribution is 0.0774. The van der Waals surface area contributed by atoms with Crippen LogP contribution in [-0.4, -0.2) is 44.3 Å². The van der Waals surface area contributed by atoms with E-state index in [1.54, 1.807) is 6.20 Å². The summed E-state index contributed by atoms with van der Waals surface area (Å²) < 4.78 is 6.10. The normalized spacial score (nSPS) is 28.1. The van der Waals surface area contributed by atoms with Gasteiger partial charge in [0.05, 0.1) is 22.9 Å². The van der Waals surface area contributed by atoms with Gasteiger partial charge in [-0.3, -0.25) is 9.89 Å². The van der Waals surface area contributed by atoms with Crippen molar-refractivity contribution in [2.75, 3.05) is 13.1 Å². The Hall–Kier alpha value is -2.18. The third-order valence-electron chi connectivity index (χ3n) is 6.43. The Morgan fingerprint density at radius 2 is 2.19 bits per heavy atom. The van der Waals surface area contributed by atoms with Crippen molar-refractivity contribution in [1.82, 2.24) is 25.3 Å². The molecule has 3 aliphatic rings. The van der Waals surface area contributed by atoms with E-state index < -0.39 is 0 Å². The van der Waals surface area contributed by atoms with Crippen LogP contribution in [0.4, 0.5) is 0 Å². The lowest BCUT2D eigenvalue weighted by atomic mass is 9.80. The molecule has 3 heterocycles. The van der Waals surface area contributed by atoms with Gasteiger partial charge in [-0.05, 0) is 37.5 Å². The Bertz CT molecular complexity index is 837. The standard InChI is InChI=1S/C19H25N5O2/c1-11(2)15-14(8-20-21-15)17(25)24-9-13-4-3-7-19(13,10-24)18-23-22-16(26-18)12-5-6-12/h8,11-13H,3-7,9-10H2,1-2H3,(H,20,21)/t13-,19-/m0/s1. The molecule has 7 nitrogen and oxygen atoms in total. The van der Waals surface area contributed by atoms with Crippen molar-refractivity contribution in [3.63, 3.8) is 0 Å². The number of likely N-dealkylation sites (tertiary alicyclic amines) is 1. The Morgan fingerprint density at radius 3 is 2.96 bits per heavy atom. The van der Waals surface area contributed by atoms with Crippen LogP contribution in [-0.2, 0) is 5.41 Å². The van der Waals surface area contributed by atoms with E-state index in [0.29, 0.717) is 23.9 Å². The number of nitrogens with zero attached hydrogens (tertiary/aromatic N) is 4. The van der Waals surface area contributed by atoms with Gasteiger partial charge in [0.25, 0.3) is 5.91 Å². The molecule has 3 fully saturated rings. The summed E-state index contributed by atoms with van der Waals surface area (Å²) in [6, 6.07) is 0. The zero-order chi connectivity index (χ0) is 17.9. The van der Waals surface area contributed by atoms with Crippen LogP contribution in [0.1, 0.15) is 85.6 Å². The lowest BCUT2D eigenvalue weighted by Crippen LogP contribution is -2.35. The molecule has 1 N–H and O–H groups in total. The van der Waals surface area contributed by atoms with Crippen LogP contribution in [0.3, 0.4) is 0 Å². The molecular formula is C19H25N5O2. The molecule has 5 rings (SSSR count). The maximum Gasteiger partial charge on any atom is 0.257 e. The molecule has 0 unspecified atom stereocenters. The Balaban J connectivity index is 1.43. The first-order valence-electron chi connectivity index (χ1n) is 9.75. The Morgan fingerprint density at radius 1 is 1.35 bits per heavy atom. The first-order chi connectivity index (χ1) is 12.6. The lowest BCUT2D eigenvalue weighted by Gasteiger charge is -2.24. The summed E-state index contributed by atoms with van der Waals surface area (Å²) in [6.07, 6.45) is 7.28. The maximum absolute atomic E-state index is 13.2. The smallest absolute Gasteiger partial charge is 0.257 e. The maximum atomic E-state index is 13.2. The molecule has 0 aromatic carbocycles. The van der Waals surface area contributed by atoms with Gasteiger partial charge in [-0.25, -0.2) is 0 Å². The molecule has 1 aliphatic heterocycles. The summed E-state index contributed by atoms with van der Waals surface area (Å²) in [6.45, 7) is 5.58. The van der Waals surface area contributed by atoms with Gasteiger partial charge >= 0.3 is 0 Å². The van der Waals surface area contributed by atoms with Crippen molar-refractivity contribution in [3.05, 3.63) is 29.2 Å². The number of aromatic amines is 1. The number of amides is 1. The van der Waals surface area contributed by atoms with Crippen molar-refractivity contribution < 1.29 is 9.21 Å². The van der Waals surface area contributed by atoms with Crippen LogP contribution in [0.2, 0.25) is 0 Å². The highest BCUT2D eigenvalue weighted by Gasteiger charge is 2.55. The minimum absolute atomic E-state index is 0.0677. The van der Waals surface area contributed by atoms with E-state index in [-0.39, 0.29) is 17.2 Å². The molecule has 0 spiro atoms. The highest BCUT2D eigenvalue weighted by Crippen LogP contribution is 2.51. The summed E-state index contributed by atoms with van der Waals surface area (Å²) >= 11 is 0. The summed E-state index contributed by atoms with van der Waals surface area (Å²) in [5.41, 5.74) is 1.45. The molecule has 2 saturated carbocycles. The molecule has 138 valence electrons. The van der Waals surface area contributed by atoms with Crippen LogP contribution in [0.25, 0.3) is 0 Å². The minimum Gasteiger partial charge on any atom is -0.424 e. The van der Waals surface area contributed by atoms with E-state index in [1.165, 1.54) is 0 Å². The third-order valence-corrected chi connectivity index (χ3v) is 6.43. The molecule has 0 radical (unpaired) electrons. The number of fused-ring (bicyclic) bond motifs is 1. The van der Waals surface area contributed by atoms with Gasteiger partial charge in [0.15, 0.2) is 0 Å². The molecule has 2 aromatic rings. The van der Waals surface area contributed by atoms with Crippen molar-refractivity contribution in [2.45, 2.75) is 63.2 Å². The first kappa shape index (κ1) is 16.0. The molecule has 7 heteroatoms. The monoisotopic (exact) mass is 355 g/mol. The summed E-state index contributed by atoms with van der Waals surface area (Å²) in [5, 5.41) is 15.8. The van der Waals surface area contributed by atoms with Gasteiger partial charge in [0.1, 0.15) is 0 Å². The van der Waals surface area contributed by atoms with Crippen LogP contribution < -0.4 is 0 Å². The fourth-order valence-corrected chi connectivity index (χ4v) is 4.80. The number of nitrogens with one attached hydrogen (secondary N) is 1. The van der Waals surface area contributed by atoms with Crippen LogP contribution in [0.5, 0.6) is 0 Å². The van der Waals surface area contributed by atoms with Crippen molar-refractivity contribution in [2.24, 2.45) is 5.92 Å². The van der Waals surface area contributed by atoms with Crippen LogP contribution in [0, 0.1) is 5.92 Å². The second-order valence-corrected chi connectivity index (χ2v) is 8.50. The highest BCUT2D eigenvalue weighted by molar-refractivity contribution is 5.95. The quantitative estimate of drug-likeness (QED) is 0.911. The molecule has 2 atom stereocenters. The van der Waals surface area contributed by atoms with Gasteiger partial charge < -0.3 is 9.32 Å². The zero-order valence-electron chi connectivity index (χ0n) is 15.4. The second kappa shape index (κ2) is 5.66. The third kappa shape index (κ3) is 2.32. The van der Waals surface area contributed by atoms with E-state index in [2.05, 4.69) is 34.2 Å². The number of carbonyl (C=O) groups is 1. The van der Waals surface area contributed by atoms with E-state index in [0.717, 1.165) is 56.1 Å². The van der Waals surface area contributed by atoms with Crippen molar-refractivity contribution in [3.8, 4) is 0 Å². The fourth-order valence-electron chi connectivity index (χ4n) is 4.80. The molecule has 2 aromatic heterocycles. The summed E-state index contributed by atoms with van der Waals surface area (Å²) in [5.74, 6) is 2.73. The molecular weight excluding hydrogens is 330 g/mol. The average molecular weight is 355 g/mol. The van der Waals surface area contributed by atoms with Crippen molar-refractivity contribution in [1.29, 1.82) is 0 Å². The number of carbonyl (C=O) groups excluding carboxylic acids is 1. The van der Waals surface area contributed by atoms with E-state index in [9.17, 15) is 4.79 Å². The van der Waals surface area contributed by atoms with E-state index in [1.807, 2.05) is 4.90 Å². The molecule has 1 saturated heterocycles. The average Bonchev–Trinajstić information content (AvgIpc) is 3.05. The number of rotatable bonds is 4. The number of H-pyrrole nitrogens is 1. The predicted molar refractivity (Wildman–Crippen MR) is 93.9 cm³/mol. The summed E-state index contributed by atoms with van der Waals surface area (Å²) in [4.78, 5) is 15.1. The Kier molecular flexibility index (Phi) is 3.49. The highest BCUT2D eigenvalue weighted by atomic mass is 16.4. The van der Waals surface area contributed by atoms with Gasteiger partial charge in [0.2, 0.25) is 11.8 Å². The zero-order valence-corrected chi connectivity index (χ0v) is 15.4. The molecule has 2 aliphatic carbocycles. The van der Waals surface area contributed by atoms with Crippen LogP contribution in [0.15, 0.2) is 10.6 Å². The molecule has 1 amide bonds. The number of hydrogen-bond acceptors (Lipinski definition) is 5. The topological polar surface area (TPSA) is 87.9 Å². The molecule has 26 heavy (non-hydrogen) atoms. The first-order valence-corrected chi connectivity index (χ1v) is 9.75. The second-order valence-electron chi connectivity index (χ2n) is 8.50. The van der Waals surface area contributed by atoms with Gasteiger partial charge in [-0.15, -0.1) is 10.2 Å². The van der Waals surface area contributed by atoms with Gasteiger partial charge in [-0.1, -0.05) is 20.3 Å².